The van der Waals surface area contributed by atoms with E-state index in [0.29, 0.717) is 10.0 Å². The molecule has 3 rings (SSSR count). The second-order valence-corrected chi connectivity index (χ2v) is 7.64. The van der Waals surface area contributed by atoms with Crippen LogP contribution in [-0.4, -0.2) is 24.2 Å². The van der Waals surface area contributed by atoms with Crippen LogP contribution in [0.5, 0.6) is 0 Å². The van der Waals surface area contributed by atoms with Gasteiger partial charge < -0.3 is 0 Å². The van der Waals surface area contributed by atoms with Gasteiger partial charge in [-0.15, -0.1) is 23.1 Å². The Morgan fingerprint density at radius 1 is 1.12 bits per heavy atom. The van der Waals surface area contributed by atoms with Crippen molar-refractivity contribution in [2.75, 3.05) is 13.3 Å². The smallest absolute Gasteiger partial charge is 0.205 e. The van der Waals surface area contributed by atoms with Gasteiger partial charge >= 0.3 is 0 Å². The molecule has 128 valence electrons. The van der Waals surface area contributed by atoms with Crippen molar-refractivity contribution in [1.82, 2.24) is 4.68 Å². The molecule has 25 heavy (non-hydrogen) atoms. The Morgan fingerprint density at radius 3 is 2.52 bits per heavy atom. The molecule has 1 heterocycles. The Balaban J connectivity index is 2.03. The van der Waals surface area contributed by atoms with Gasteiger partial charge in [0.1, 0.15) is 0 Å². The quantitative estimate of drug-likeness (QED) is 0.405. The third-order valence-corrected chi connectivity index (χ3v) is 5.72. The average molecular weight is 408 g/mol. The molecule has 0 saturated carbocycles. The summed E-state index contributed by atoms with van der Waals surface area (Å²) in [5.41, 5.74) is 2.77. The van der Waals surface area contributed by atoms with Crippen molar-refractivity contribution in [1.29, 1.82) is 0 Å². The molecular formula is C18H15Cl2N3S2. The molecule has 0 bridgehead atoms. The molecule has 0 radical (unpaired) electrons. The highest BCUT2D eigenvalue weighted by atomic mass is 35.5. The number of aromatic nitrogens is 1. The summed E-state index contributed by atoms with van der Waals surface area (Å²) in [4.78, 5) is 6.31. The molecule has 0 unspecified atom stereocenters. The van der Waals surface area contributed by atoms with Crippen LogP contribution in [0.3, 0.4) is 0 Å². The summed E-state index contributed by atoms with van der Waals surface area (Å²) in [7, 11) is 1.75. The van der Waals surface area contributed by atoms with Gasteiger partial charge in [0, 0.05) is 27.9 Å². The van der Waals surface area contributed by atoms with Crippen molar-refractivity contribution in [2.45, 2.75) is 4.90 Å². The van der Waals surface area contributed by atoms with Gasteiger partial charge in [-0.05, 0) is 42.2 Å². The fraction of sp³-hybridized carbons (Fsp3) is 0.111. The first kappa shape index (κ1) is 18.3. The zero-order chi connectivity index (χ0) is 17.8. The molecule has 2 aromatic carbocycles. The van der Waals surface area contributed by atoms with E-state index < -0.39 is 0 Å². The molecule has 3 nitrogen and oxygen atoms in total. The summed E-state index contributed by atoms with van der Waals surface area (Å²) in [6, 6.07) is 13.7. The summed E-state index contributed by atoms with van der Waals surface area (Å²) in [5.74, 6) is 0. The van der Waals surface area contributed by atoms with Gasteiger partial charge in [0.15, 0.2) is 0 Å². The predicted octanol–water partition coefficient (Wildman–Crippen LogP) is 5.66. The van der Waals surface area contributed by atoms with E-state index in [1.165, 1.54) is 16.2 Å². The standard InChI is InChI=1S/C18H15Cl2N3S2/c1-21-18-23(22-10-12-3-6-14(24-2)7-4-12)17(11-25-18)15-8-5-13(19)9-16(15)20/h3-11H,1-2H3. The number of hydrogen-bond acceptors (Lipinski definition) is 4. The molecule has 0 aliphatic carbocycles. The van der Waals surface area contributed by atoms with Crippen LogP contribution in [0.25, 0.3) is 11.3 Å². The van der Waals surface area contributed by atoms with E-state index in [-0.39, 0.29) is 0 Å². The molecule has 0 aliphatic heterocycles. The molecule has 0 saturated heterocycles. The monoisotopic (exact) mass is 407 g/mol. The van der Waals surface area contributed by atoms with Gasteiger partial charge in [0.05, 0.1) is 16.9 Å². The van der Waals surface area contributed by atoms with Crippen LogP contribution < -0.4 is 4.80 Å². The minimum Gasteiger partial charge on any atom is -0.261 e. The SMILES string of the molecule is CN=c1scc(-c2ccc(Cl)cc2Cl)n1N=Cc1ccc(SC)cc1. The zero-order valence-corrected chi connectivity index (χ0v) is 16.8. The molecular weight excluding hydrogens is 393 g/mol. The minimum atomic E-state index is 0.584. The topological polar surface area (TPSA) is 29.6 Å². The zero-order valence-electron chi connectivity index (χ0n) is 13.6. The number of rotatable bonds is 4. The summed E-state index contributed by atoms with van der Waals surface area (Å²) in [5, 5.41) is 7.79. The summed E-state index contributed by atoms with van der Waals surface area (Å²) in [6.45, 7) is 0. The lowest BCUT2D eigenvalue weighted by Gasteiger charge is -2.06. The third-order valence-electron chi connectivity index (χ3n) is 3.52. The number of thiazole rings is 1. The van der Waals surface area contributed by atoms with Crippen LogP contribution in [0.15, 0.2) is 62.8 Å². The van der Waals surface area contributed by atoms with E-state index in [0.717, 1.165) is 21.6 Å². The Kier molecular flexibility index (Phi) is 6.02. The molecule has 0 amide bonds. The van der Waals surface area contributed by atoms with Gasteiger partial charge in [-0.3, -0.25) is 4.99 Å². The maximum atomic E-state index is 6.36. The number of benzene rings is 2. The third kappa shape index (κ3) is 4.18. The maximum Gasteiger partial charge on any atom is 0.205 e. The molecule has 0 N–H and O–H groups in total. The molecule has 0 atom stereocenters. The number of halogens is 2. The van der Waals surface area contributed by atoms with E-state index in [2.05, 4.69) is 28.5 Å². The van der Waals surface area contributed by atoms with Gasteiger partial charge in [0.25, 0.3) is 0 Å². The maximum absolute atomic E-state index is 6.36. The van der Waals surface area contributed by atoms with Crippen molar-refractivity contribution in [3.63, 3.8) is 0 Å². The summed E-state index contributed by atoms with van der Waals surface area (Å²) in [6.07, 6.45) is 3.88. The Bertz CT molecular complexity index is 973. The van der Waals surface area contributed by atoms with Gasteiger partial charge in [-0.25, -0.2) is 4.68 Å². The first-order chi connectivity index (χ1) is 12.1. The lowest BCUT2D eigenvalue weighted by Crippen LogP contribution is -2.11. The molecule has 0 aliphatic rings. The van der Waals surface area contributed by atoms with E-state index in [1.54, 1.807) is 29.6 Å². The average Bonchev–Trinajstić information content (AvgIpc) is 3.03. The molecule has 7 heteroatoms. The van der Waals surface area contributed by atoms with Crippen molar-refractivity contribution >= 4 is 52.5 Å². The van der Waals surface area contributed by atoms with Crippen LogP contribution in [0, 0.1) is 0 Å². The van der Waals surface area contributed by atoms with Crippen LogP contribution in [0.4, 0.5) is 0 Å². The van der Waals surface area contributed by atoms with Crippen LogP contribution in [-0.2, 0) is 0 Å². The molecule has 1 aromatic heterocycles. The Labute approximate surface area is 164 Å². The normalized spacial score (nSPS) is 12.2. The van der Waals surface area contributed by atoms with E-state index >= 15 is 0 Å². The van der Waals surface area contributed by atoms with E-state index in [9.17, 15) is 0 Å². The van der Waals surface area contributed by atoms with Crippen molar-refractivity contribution in [2.24, 2.45) is 10.1 Å². The van der Waals surface area contributed by atoms with E-state index in [1.807, 2.05) is 35.9 Å². The van der Waals surface area contributed by atoms with Crippen molar-refractivity contribution in [3.8, 4) is 11.3 Å². The van der Waals surface area contributed by atoms with Crippen molar-refractivity contribution < 1.29 is 0 Å². The largest absolute Gasteiger partial charge is 0.261 e. The highest BCUT2D eigenvalue weighted by Crippen LogP contribution is 2.30. The Hall–Kier alpha value is -1.53. The lowest BCUT2D eigenvalue weighted by molar-refractivity contribution is 0.848. The number of thioether (sulfide) groups is 1. The second kappa shape index (κ2) is 8.23. The van der Waals surface area contributed by atoms with Crippen LogP contribution in [0.2, 0.25) is 10.0 Å². The predicted molar refractivity (Wildman–Crippen MR) is 110 cm³/mol. The lowest BCUT2D eigenvalue weighted by atomic mass is 10.2. The highest BCUT2D eigenvalue weighted by molar-refractivity contribution is 7.98. The van der Waals surface area contributed by atoms with Crippen LogP contribution >= 0.6 is 46.3 Å². The van der Waals surface area contributed by atoms with Gasteiger partial charge in [0.2, 0.25) is 4.80 Å². The number of nitrogens with zero attached hydrogens (tertiary/aromatic N) is 3. The summed E-state index contributed by atoms with van der Waals surface area (Å²) >= 11 is 15.6. The fourth-order valence-electron chi connectivity index (χ4n) is 2.26. The van der Waals surface area contributed by atoms with Gasteiger partial charge in [-0.2, -0.15) is 5.10 Å². The second-order valence-electron chi connectivity index (χ2n) is 5.08. The Morgan fingerprint density at radius 2 is 1.88 bits per heavy atom. The van der Waals surface area contributed by atoms with Crippen molar-refractivity contribution in [3.05, 3.63) is 68.3 Å². The fourth-order valence-corrected chi connectivity index (χ4v) is 3.97. The number of hydrogen-bond donors (Lipinski definition) is 0. The highest BCUT2D eigenvalue weighted by Gasteiger charge is 2.11. The first-order valence-electron chi connectivity index (χ1n) is 7.39. The van der Waals surface area contributed by atoms with Crippen LogP contribution in [0.1, 0.15) is 5.56 Å². The molecule has 0 spiro atoms. The van der Waals surface area contributed by atoms with E-state index in [4.69, 9.17) is 23.2 Å². The minimum absolute atomic E-state index is 0.584. The van der Waals surface area contributed by atoms with Gasteiger partial charge in [-0.1, -0.05) is 35.3 Å². The summed E-state index contributed by atoms with van der Waals surface area (Å²) < 4.78 is 1.79. The molecule has 3 aromatic rings. The molecule has 0 fully saturated rings. The first-order valence-corrected chi connectivity index (χ1v) is 10.3.